The van der Waals surface area contributed by atoms with Crippen LogP contribution in [0.1, 0.15) is 35.3 Å². The Balaban J connectivity index is 1.70. The Labute approximate surface area is 177 Å². The molecule has 1 aliphatic rings. The van der Waals surface area contributed by atoms with Gasteiger partial charge in [-0.05, 0) is 50.6 Å². The molecule has 1 aromatic heterocycles. The van der Waals surface area contributed by atoms with Gasteiger partial charge in [-0.1, -0.05) is 17.3 Å². The molecule has 7 nitrogen and oxygen atoms in total. The molecule has 0 unspecified atom stereocenters. The van der Waals surface area contributed by atoms with Crippen LogP contribution in [0, 0.1) is 12.7 Å². The first kappa shape index (κ1) is 20.3. The van der Waals surface area contributed by atoms with E-state index in [4.69, 9.17) is 10.6 Å². The second-order valence-electron chi connectivity index (χ2n) is 7.75. The first-order valence-electron chi connectivity index (χ1n) is 9.51. The molecule has 1 aliphatic heterocycles. The zero-order chi connectivity index (χ0) is 22.3. The number of carbonyl (C=O) groups excluding carboxylic acids is 2. The van der Waals surface area contributed by atoms with Gasteiger partial charge >= 0.3 is 0 Å². The molecule has 0 aliphatic carbocycles. The number of ketones is 1. The van der Waals surface area contributed by atoms with Crippen molar-refractivity contribution in [3.8, 4) is 22.5 Å². The number of rotatable bonds is 4. The fraction of sp³-hybridized carbons (Fsp3) is 0.174. The van der Waals surface area contributed by atoms with Crippen molar-refractivity contribution in [1.29, 1.82) is 0 Å². The third kappa shape index (κ3) is 3.68. The normalized spacial score (nSPS) is 14.8. The summed E-state index contributed by atoms with van der Waals surface area (Å²) in [4.78, 5) is 37.9. The summed E-state index contributed by atoms with van der Waals surface area (Å²) < 4.78 is 14.3. The maximum absolute atomic E-state index is 14.3. The highest BCUT2D eigenvalue weighted by atomic mass is 19.1. The fourth-order valence-electron chi connectivity index (χ4n) is 3.24. The van der Waals surface area contributed by atoms with Crippen LogP contribution in [0.4, 0.5) is 4.39 Å². The molecule has 3 aromatic rings. The van der Waals surface area contributed by atoms with Gasteiger partial charge in [0.25, 0.3) is 0 Å². The van der Waals surface area contributed by atoms with Gasteiger partial charge in [0.05, 0.1) is 23.8 Å². The molecule has 2 aromatic carbocycles. The summed E-state index contributed by atoms with van der Waals surface area (Å²) in [7, 11) is 0. The number of aryl methyl sites for hydroxylation is 1. The number of primary amides is 1. The summed E-state index contributed by atoms with van der Waals surface area (Å²) in [5.41, 5.74) is 7.94. The van der Waals surface area contributed by atoms with Crippen LogP contribution in [0.3, 0.4) is 0 Å². The summed E-state index contributed by atoms with van der Waals surface area (Å²) >= 11 is 0. The molecule has 0 spiro atoms. The van der Waals surface area contributed by atoms with Crippen LogP contribution < -0.4 is 5.73 Å². The van der Waals surface area contributed by atoms with Crippen molar-refractivity contribution in [3.63, 3.8) is 0 Å². The van der Waals surface area contributed by atoms with Gasteiger partial charge in [-0.3, -0.25) is 19.6 Å². The molecule has 0 atom stereocenters. The third-order valence-corrected chi connectivity index (χ3v) is 5.09. The van der Waals surface area contributed by atoms with Gasteiger partial charge in [-0.15, -0.1) is 0 Å². The molecule has 0 fully saturated rings. The van der Waals surface area contributed by atoms with Crippen LogP contribution in [-0.4, -0.2) is 33.0 Å². The molecular weight excluding hydrogens is 399 g/mol. The van der Waals surface area contributed by atoms with E-state index >= 15 is 0 Å². The maximum Gasteiger partial charge on any atom is 0.248 e. The number of amides is 1. The number of hydrogen-bond donors (Lipinski definition) is 1. The number of carbonyl (C=O) groups is 2. The van der Waals surface area contributed by atoms with Crippen LogP contribution in [0.2, 0.25) is 0 Å². The van der Waals surface area contributed by atoms with E-state index in [1.807, 2.05) is 13.0 Å². The molecular formula is C23H19FN4O3. The number of nitrogens with zero attached hydrogens (tertiary/aromatic N) is 3. The minimum atomic E-state index is -0.995. The monoisotopic (exact) mass is 418 g/mol. The highest BCUT2D eigenvalue weighted by Gasteiger charge is 2.40. The third-order valence-electron chi connectivity index (χ3n) is 5.09. The number of halogens is 1. The Bertz CT molecular complexity index is 1250. The maximum atomic E-state index is 14.3. The first-order valence-corrected chi connectivity index (χ1v) is 9.51. The van der Waals surface area contributed by atoms with E-state index < -0.39 is 17.3 Å². The van der Waals surface area contributed by atoms with Crippen LogP contribution in [0.15, 0.2) is 53.9 Å². The van der Waals surface area contributed by atoms with Crippen molar-refractivity contribution in [2.45, 2.75) is 26.4 Å². The van der Waals surface area contributed by atoms with Gasteiger partial charge in [0.2, 0.25) is 11.7 Å². The fourth-order valence-corrected chi connectivity index (χ4v) is 3.24. The lowest BCUT2D eigenvalue weighted by Gasteiger charge is -2.12. The van der Waals surface area contributed by atoms with Gasteiger partial charge in [-0.2, -0.15) is 0 Å². The van der Waals surface area contributed by atoms with Gasteiger partial charge in [-0.25, -0.2) is 4.39 Å². The van der Waals surface area contributed by atoms with Crippen LogP contribution in [0.5, 0.6) is 0 Å². The zero-order valence-electron chi connectivity index (χ0n) is 17.1. The van der Waals surface area contributed by atoms with Gasteiger partial charge in [0, 0.05) is 22.3 Å². The highest BCUT2D eigenvalue weighted by molar-refractivity contribution is 6.49. The van der Waals surface area contributed by atoms with Crippen LogP contribution in [-0.2, 0) is 9.63 Å². The van der Waals surface area contributed by atoms with E-state index in [1.165, 1.54) is 30.6 Å². The Hall–Kier alpha value is -3.94. The SMILES string of the molecule is Cc1ccc(C2=NOC(C)(C)C2=O)cc1-c1cnc(-c2cc(C(N)=O)ccc2F)cn1. The molecule has 8 heteroatoms. The average Bonchev–Trinajstić information content (AvgIpc) is 3.02. The molecule has 2 heterocycles. The number of oxime groups is 1. The lowest BCUT2D eigenvalue weighted by molar-refractivity contribution is -0.128. The van der Waals surface area contributed by atoms with Crippen molar-refractivity contribution < 1.29 is 18.8 Å². The smallest absolute Gasteiger partial charge is 0.248 e. The van der Waals surface area contributed by atoms with Crippen LogP contribution in [0.25, 0.3) is 22.5 Å². The summed E-state index contributed by atoms with van der Waals surface area (Å²) in [5.74, 6) is -1.39. The van der Waals surface area contributed by atoms with Gasteiger partial charge in [0.1, 0.15) is 5.82 Å². The van der Waals surface area contributed by atoms with Crippen molar-refractivity contribution in [3.05, 3.63) is 71.3 Å². The topological polar surface area (TPSA) is 108 Å². The number of Topliss-reactive ketones (excluding diaryl/α,β-unsaturated/α-hetero) is 1. The number of benzene rings is 2. The second kappa shape index (κ2) is 7.39. The molecule has 156 valence electrons. The lowest BCUT2D eigenvalue weighted by atomic mass is 9.93. The molecule has 0 radical (unpaired) electrons. The molecule has 2 N–H and O–H groups in total. The lowest BCUT2D eigenvalue weighted by Crippen LogP contribution is -2.33. The average molecular weight is 418 g/mol. The Morgan fingerprint density at radius 2 is 1.71 bits per heavy atom. The number of hydrogen-bond acceptors (Lipinski definition) is 6. The largest absolute Gasteiger partial charge is 0.381 e. The van der Waals surface area contributed by atoms with Gasteiger partial charge in [0.15, 0.2) is 11.3 Å². The quantitative estimate of drug-likeness (QED) is 0.698. The van der Waals surface area contributed by atoms with E-state index in [1.54, 1.807) is 26.0 Å². The minimum Gasteiger partial charge on any atom is -0.381 e. The van der Waals surface area contributed by atoms with Crippen molar-refractivity contribution >= 4 is 17.4 Å². The summed E-state index contributed by atoms with van der Waals surface area (Å²) in [6.07, 6.45) is 2.94. The molecule has 0 bridgehead atoms. The molecule has 0 saturated carbocycles. The molecule has 4 rings (SSSR count). The Morgan fingerprint density at radius 3 is 2.29 bits per heavy atom. The Kier molecular flexibility index (Phi) is 4.85. The highest BCUT2D eigenvalue weighted by Crippen LogP contribution is 2.28. The van der Waals surface area contributed by atoms with E-state index in [-0.39, 0.29) is 28.3 Å². The zero-order valence-corrected chi connectivity index (χ0v) is 17.1. The summed E-state index contributed by atoms with van der Waals surface area (Å²) in [6, 6.07) is 9.29. The minimum absolute atomic E-state index is 0.131. The molecule has 0 saturated heterocycles. The van der Waals surface area contributed by atoms with Gasteiger partial charge < -0.3 is 10.6 Å². The Morgan fingerprint density at radius 1 is 1.03 bits per heavy atom. The number of aromatic nitrogens is 2. The first-order chi connectivity index (χ1) is 14.7. The summed E-state index contributed by atoms with van der Waals surface area (Å²) in [6.45, 7) is 5.23. The predicted molar refractivity (Wildman–Crippen MR) is 113 cm³/mol. The summed E-state index contributed by atoms with van der Waals surface area (Å²) in [5, 5.41) is 3.94. The van der Waals surface area contributed by atoms with E-state index in [9.17, 15) is 14.0 Å². The molecule has 31 heavy (non-hydrogen) atoms. The number of nitrogens with two attached hydrogens (primary N) is 1. The van der Waals surface area contributed by atoms with E-state index in [0.717, 1.165) is 11.1 Å². The standard InChI is InChI=1S/C23H19FN4O3/c1-12-4-5-13(20-21(29)23(2,3)31-28-20)8-15(12)18-10-27-19(11-26-18)16-9-14(22(25)30)6-7-17(16)24/h4-11H,1-3H3,(H2,25,30). The van der Waals surface area contributed by atoms with Crippen molar-refractivity contribution in [2.75, 3.05) is 0 Å². The van der Waals surface area contributed by atoms with Crippen molar-refractivity contribution in [2.24, 2.45) is 10.9 Å². The predicted octanol–water partition coefficient (Wildman–Crippen LogP) is 3.44. The van der Waals surface area contributed by atoms with E-state index in [0.29, 0.717) is 11.3 Å². The van der Waals surface area contributed by atoms with Crippen LogP contribution >= 0.6 is 0 Å². The molecule has 1 amide bonds. The van der Waals surface area contributed by atoms with E-state index in [2.05, 4.69) is 15.1 Å². The van der Waals surface area contributed by atoms with Crippen molar-refractivity contribution in [1.82, 2.24) is 9.97 Å². The second-order valence-corrected chi connectivity index (χ2v) is 7.75.